The summed E-state index contributed by atoms with van der Waals surface area (Å²) < 4.78 is 0. The highest BCUT2D eigenvalue weighted by Crippen LogP contribution is 2.26. The van der Waals surface area contributed by atoms with Gasteiger partial charge in [-0.25, -0.2) is 0 Å². The maximum atomic E-state index is 10.9. The van der Waals surface area contributed by atoms with Crippen LogP contribution in [0.5, 0.6) is 0 Å². The molecule has 1 rings (SSSR count). The van der Waals surface area contributed by atoms with E-state index in [4.69, 9.17) is 16.7 Å². The van der Waals surface area contributed by atoms with E-state index < -0.39 is 0 Å². The summed E-state index contributed by atoms with van der Waals surface area (Å²) in [5.74, 6) is -0.154. The molecule has 4 nitrogen and oxygen atoms in total. The molecule has 0 fully saturated rings. The van der Waals surface area contributed by atoms with Crippen LogP contribution < -0.4 is 10.6 Å². The minimum absolute atomic E-state index is 0.109. The van der Waals surface area contributed by atoms with E-state index in [9.17, 15) is 4.79 Å². The monoisotopic (exact) mass is 270 g/mol. The van der Waals surface area contributed by atoms with E-state index in [2.05, 4.69) is 10.6 Å². The summed E-state index contributed by atoms with van der Waals surface area (Å²) in [7, 11) is 0. The Hall–Kier alpha value is -1.26. The third-order valence-electron chi connectivity index (χ3n) is 2.48. The molecule has 100 valence electrons. The van der Waals surface area contributed by atoms with Crippen LogP contribution in [0.25, 0.3) is 0 Å². The number of anilines is 2. The van der Waals surface area contributed by atoms with E-state index >= 15 is 0 Å². The number of halogens is 1. The molecule has 1 aromatic carbocycles. The lowest BCUT2D eigenvalue weighted by Crippen LogP contribution is -2.26. The zero-order valence-corrected chi connectivity index (χ0v) is 11.6. The Balaban J connectivity index is 2.70. The number of rotatable bonds is 5. The van der Waals surface area contributed by atoms with Gasteiger partial charge in [0, 0.05) is 31.2 Å². The van der Waals surface area contributed by atoms with Crippen LogP contribution in [0.15, 0.2) is 18.2 Å². The SMILES string of the molecule is CC(=O)Nc1ccc(NCC(C)(C)CO)cc1Cl. The van der Waals surface area contributed by atoms with Gasteiger partial charge in [-0.15, -0.1) is 0 Å². The second kappa shape index (κ2) is 6.07. The average molecular weight is 271 g/mol. The first kappa shape index (κ1) is 14.8. The fraction of sp³-hybridized carbons (Fsp3) is 0.462. The molecule has 0 aromatic heterocycles. The summed E-state index contributed by atoms with van der Waals surface area (Å²) >= 11 is 6.05. The molecule has 1 aromatic rings. The number of carbonyl (C=O) groups excluding carboxylic acids is 1. The highest BCUT2D eigenvalue weighted by Gasteiger charge is 2.16. The van der Waals surface area contributed by atoms with Crippen molar-refractivity contribution >= 4 is 28.9 Å². The first-order valence-electron chi connectivity index (χ1n) is 5.76. The Labute approximate surface area is 112 Å². The zero-order valence-electron chi connectivity index (χ0n) is 10.9. The normalized spacial score (nSPS) is 11.2. The summed E-state index contributed by atoms with van der Waals surface area (Å²) in [6.07, 6.45) is 0. The molecule has 0 saturated heterocycles. The molecule has 18 heavy (non-hydrogen) atoms. The van der Waals surface area contributed by atoms with Gasteiger partial charge in [-0.2, -0.15) is 0 Å². The fourth-order valence-corrected chi connectivity index (χ4v) is 1.54. The Bertz CT molecular complexity index is 433. The minimum Gasteiger partial charge on any atom is -0.396 e. The zero-order chi connectivity index (χ0) is 13.8. The van der Waals surface area contributed by atoms with Crippen molar-refractivity contribution in [2.45, 2.75) is 20.8 Å². The highest BCUT2D eigenvalue weighted by atomic mass is 35.5. The molecular weight excluding hydrogens is 252 g/mol. The van der Waals surface area contributed by atoms with Gasteiger partial charge in [-0.3, -0.25) is 4.79 Å². The topological polar surface area (TPSA) is 61.4 Å². The van der Waals surface area contributed by atoms with Crippen LogP contribution in [-0.2, 0) is 4.79 Å². The minimum atomic E-state index is -0.192. The van der Waals surface area contributed by atoms with Crippen molar-refractivity contribution in [1.82, 2.24) is 0 Å². The summed E-state index contributed by atoms with van der Waals surface area (Å²) in [6.45, 7) is 6.11. The molecule has 0 saturated carbocycles. The van der Waals surface area contributed by atoms with Crippen LogP contribution in [-0.4, -0.2) is 24.2 Å². The largest absolute Gasteiger partial charge is 0.396 e. The van der Waals surface area contributed by atoms with Crippen molar-refractivity contribution in [3.63, 3.8) is 0 Å². The first-order chi connectivity index (χ1) is 8.34. The van der Waals surface area contributed by atoms with Crippen LogP contribution >= 0.6 is 11.6 Å². The van der Waals surface area contributed by atoms with Crippen LogP contribution in [0.1, 0.15) is 20.8 Å². The molecule has 3 N–H and O–H groups in total. The second-order valence-corrected chi connectivity index (χ2v) is 5.46. The number of carbonyl (C=O) groups is 1. The molecule has 0 unspecified atom stereocenters. The van der Waals surface area contributed by atoms with E-state index in [0.29, 0.717) is 17.3 Å². The summed E-state index contributed by atoms with van der Waals surface area (Å²) in [5, 5.41) is 15.5. The van der Waals surface area contributed by atoms with Crippen LogP contribution in [0.3, 0.4) is 0 Å². The summed E-state index contributed by atoms with van der Waals surface area (Å²) in [4.78, 5) is 10.9. The number of hydrogen-bond donors (Lipinski definition) is 3. The molecule has 0 bridgehead atoms. The van der Waals surface area contributed by atoms with Crippen LogP contribution in [0.4, 0.5) is 11.4 Å². The second-order valence-electron chi connectivity index (χ2n) is 5.05. The molecule has 0 aliphatic carbocycles. The quantitative estimate of drug-likeness (QED) is 0.771. The molecule has 5 heteroatoms. The van der Waals surface area contributed by atoms with Gasteiger partial charge in [0.05, 0.1) is 10.7 Å². The number of aliphatic hydroxyl groups excluding tert-OH is 1. The van der Waals surface area contributed by atoms with E-state index in [1.807, 2.05) is 19.9 Å². The highest BCUT2D eigenvalue weighted by molar-refractivity contribution is 6.34. The lowest BCUT2D eigenvalue weighted by molar-refractivity contribution is -0.114. The van der Waals surface area contributed by atoms with Crippen molar-refractivity contribution in [2.24, 2.45) is 5.41 Å². The van der Waals surface area contributed by atoms with Crippen molar-refractivity contribution in [3.8, 4) is 0 Å². The summed E-state index contributed by atoms with van der Waals surface area (Å²) in [6, 6.07) is 5.34. The Morgan fingerprint density at radius 1 is 1.44 bits per heavy atom. The third-order valence-corrected chi connectivity index (χ3v) is 2.79. The Kier molecular flexibility index (Phi) is 4.99. The van der Waals surface area contributed by atoms with Gasteiger partial charge in [0.25, 0.3) is 0 Å². The van der Waals surface area contributed by atoms with Gasteiger partial charge in [0.2, 0.25) is 5.91 Å². The van der Waals surface area contributed by atoms with Gasteiger partial charge in [0.1, 0.15) is 0 Å². The van der Waals surface area contributed by atoms with Crippen molar-refractivity contribution in [3.05, 3.63) is 23.2 Å². The predicted octanol–water partition coefficient (Wildman–Crippen LogP) is 2.73. The van der Waals surface area contributed by atoms with E-state index in [1.54, 1.807) is 12.1 Å². The summed E-state index contributed by atoms with van der Waals surface area (Å²) in [5.41, 5.74) is 1.26. The number of benzene rings is 1. The maximum Gasteiger partial charge on any atom is 0.221 e. The van der Waals surface area contributed by atoms with Crippen molar-refractivity contribution < 1.29 is 9.90 Å². The molecule has 0 aliphatic heterocycles. The lowest BCUT2D eigenvalue weighted by atomic mass is 9.95. The van der Waals surface area contributed by atoms with Crippen LogP contribution in [0, 0.1) is 5.41 Å². The molecular formula is C13H19ClN2O2. The van der Waals surface area contributed by atoms with Crippen molar-refractivity contribution in [1.29, 1.82) is 0 Å². The van der Waals surface area contributed by atoms with Gasteiger partial charge >= 0.3 is 0 Å². The molecule has 0 radical (unpaired) electrons. The Morgan fingerprint density at radius 3 is 2.61 bits per heavy atom. The number of aliphatic hydroxyl groups is 1. The van der Waals surface area contributed by atoms with Gasteiger partial charge in [-0.05, 0) is 18.2 Å². The number of nitrogens with one attached hydrogen (secondary N) is 2. The molecule has 0 heterocycles. The molecule has 0 atom stereocenters. The number of amides is 1. The van der Waals surface area contributed by atoms with E-state index in [0.717, 1.165) is 5.69 Å². The lowest BCUT2D eigenvalue weighted by Gasteiger charge is -2.22. The number of hydrogen-bond acceptors (Lipinski definition) is 3. The van der Waals surface area contributed by atoms with Gasteiger partial charge < -0.3 is 15.7 Å². The maximum absolute atomic E-state index is 10.9. The van der Waals surface area contributed by atoms with Crippen molar-refractivity contribution in [2.75, 3.05) is 23.8 Å². The van der Waals surface area contributed by atoms with E-state index in [1.165, 1.54) is 6.92 Å². The molecule has 0 spiro atoms. The molecule has 0 aliphatic rings. The fourth-order valence-electron chi connectivity index (χ4n) is 1.31. The van der Waals surface area contributed by atoms with Gasteiger partial charge in [0.15, 0.2) is 0 Å². The van der Waals surface area contributed by atoms with E-state index in [-0.39, 0.29) is 17.9 Å². The van der Waals surface area contributed by atoms with Crippen LogP contribution in [0.2, 0.25) is 5.02 Å². The molecule has 1 amide bonds. The predicted molar refractivity (Wildman–Crippen MR) is 75.1 cm³/mol. The Morgan fingerprint density at radius 2 is 2.11 bits per heavy atom. The standard InChI is InChI=1S/C13H19ClN2O2/c1-9(18)16-12-5-4-10(6-11(12)14)15-7-13(2,3)8-17/h4-6,15,17H,7-8H2,1-3H3,(H,16,18). The first-order valence-corrected chi connectivity index (χ1v) is 6.14. The third kappa shape index (κ3) is 4.55. The van der Waals surface area contributed by atoms with Gasteiger partial charge in [-0.1, -0.05) is 25.4 Å². The average Bonchev–Trinajstić information content (AvgIpc) is 2.29. The smallest absolute Gasteiger partial charge is 0.221 e.